The molecule has 3 nitrogen and oxygen atoms in total. The number of benzene rings is 1. The molecule has 20 heavy (non-hydrogen) atoms. The third-order valence-electron chi connectivity index (χ3n) is 3.81. The third-order valence-corrected chi connectivity index (χ3v) is 3.81. The lowest BCUT2D eigenvalue weighted by molar-refractivity contribution is 0.125. The van der Waals surface area contributed by atoms with Crippen molar-refractivity contribution < 1.29 is 4.74 Å². The van der Waals surface area contributed by atoms with Gasteiger partial charge in [-0.3, -0.25) is 4.90 Å². The van der Waals surface area contributed by atoms with Crippen LogP contribution in [-0.2, 0) is 10.2 Å². The molecule has 1 atom stereocenters. The van der Waals surface area contributed by atoms with Gasteiger partial charge < -0.3 is 10.5 Å². The van der Waals surface area contributed by atoms with E-state index in [0.29, 0.717) is 6.54 Å². The molecule has 0 saturated heterocycles. The van der Waals surface area contributed by atoms with Crippen LogP contribution in [0.15, 0.2) is 24.3 Å². The van der Waals surface area contributed by atoms with Crippen LogP contribution in [-0.4, -0.2) is 38.3 Å². The van der Waals surface area contributed by atoms with Crippen molar-refractivity contribution in [2.45, 2.75) is 39.2 Å². The number of hydrogen-bond acceptors (Lipinski definition) is 3. The Hall–Kier alpha value is -0.900. The van der Waals surface area contributed by atoms with Crippen LogP contribution < -0.4 is 5.73 Å². The summed E-state index contributed by atoms with van der Waals surface area (Å²) < 4.78 is 5.19. The number of nitrogens with zero attached hydrogens (tertiary/aromatic N) is 1. The molecule has 0 aliphatic rings. The maximum Gasteiger partial charge on any atom is 0.0589 e. The molecule has 0 radical (unpaired) electrons. The second-order valence-corrected chi connectivity index (χ2v) is 6.24. The van der Waals surface area contributed by atoms with E-state index in [1.165, 1.54) is 11.1 Å². The average Bonchev–Trinajstić information content (AvgIpc) is 2.42. The predicted molar refractivity (Wildman–Crippen MR) is 86.1 cm³/mol. The zero-order valence-electron chi connectivity index (χ0n) is 13.6. The highest BCUT2D eigenvalue weighted by Gasteiger charge is 2.19. The van der Waals surface area contributed by atoms with E-state index in [2.05, 4.69) is 56.9 Å². The second kappa shape index (κ2) is 7.77. The van der Waals surface area contributed by atoms with Crippen molar-refractivity contribution in [3.8, 4) is 0 Å². The minimum absolute atomic E-state index is 0.192. The van der Waals surface area contributed by atoms with E-state index < -0.39 is 0 Å². The van der Waals surface area contributed by atoms with Crippen molar-refractivity contribution >= 4 is 0 Å². The molecule has 0 spiro atoms. The standard InChI is InChI=1S/C17H30N2O/c1-6-19(11-12-20-5)16(13-18)14-7-9-15(10-8-14)17(2,3)4/h7-10,16H,6,11-13,18H2,1-5H3. The van der Waals surface area contributed by atoms with Crippen molar-refractivity contribution in [2.75, 3.05) is 33.4 Å². The van der Waals surface area contributed by atoms with Gasteiger partial charge in [-0.2, -0.15) is 0 Å². The summed E-state index contributed by atoms with van der Waals surface area (Å²) in [5.41, 5.74) is 8.83. The molecular formula is C17H30N2O. The molecule has 0 bridgehead atoms. The minimum Gasteiger partial charge on any atom is -0.383 e. The van der Waals surface area contributed by atoms with Crippen molar-refractivity contribution in [3.63, 3.8) is 0 Å². The largest absolute Gasteiger partial charge is 0.383 e. The maximum absolute atomic E-state index is 5.99. The fourth-order valence-electron chi connectivity index (χ4n) is 2.44. The molecule has 3 heteroatoms. The summed E-state index contributed by atoms with van der Waals surface area (Å²) in [7, 11) is 1.74. The quantitative estimate of drug-likeness (QED) is 0.833. The van der Waals surface area contributed by atoms with Gasteiger partial charge in [0, 0.05) is 26.2 Å². The van der Waals surface area contributed by atoms with Crippen LogP contribution in [0.4, 0.5) is 0 Å². The minimum atomic E-state index is 0.192. The van der Waals surface area contributed by atoms with Gasteiger partial charge in [0.2, 0.25) is 0 Å². The Morgan fingerprint density at radius 3 is 2.20 bits per heavy atom. The zero-order valence-corrected chi connectivity index (χ0v) is 13.6. The van der Waals surface area contributed by atoms with Crippen LogP contribution in [0, 0.1) is 0 Å². The smallest absolute Gasteiger partial charge is 0.0589 e. The molecule has 114 valence electrons. The van der Waals surface area contributed by atoms with E-state index in [4.69, 9.17) is 10.5 Å². The lowest BCUT2D eigenvalue weighted by Crippen LogP contribution is -2.36. The van der Waals surface area contributed by atoms with Crippen molar-refractivity contribution in [2.24, 2.45) is 5.73 Å². The van der Waals surface area contributed by atoms with Gasteiger partial charge in [-0.1, -0.05) is 52.0 Å². The Morgan fingerprint density at radius 1 is 1.20 bits per heavy atom. The second-order valence-electron chi connectivity index (χ2n) is 6.24. The van der Waals surface area contributed by atoms with Gasteiger partial charge in [0.05, 0.1) is 6.61 Å². The summed E-state index contributed by atoms with van der Waals surface area (Å²) in [4.78, 5) is 2.37. The summed E-state index contributed by atoms with van der Waals surface area (Å²) in [6.07, 6.45) is 0. The predicted octanol–water partition coefficient (Wildman–Crippen LogP) is 2.95. The van der Waals surface area contributed by atoms with E-state index in [1.807, 2.05) is 0 Å². The molecule has 0 amide bonds. The highest BCUT2D eigenvalue weighted by Crippen LogP contribution is 2.25. The Balaban J connectivity index is 2.88. The molecular weight excluding hydrogens is 248 g/mol. The van der Waals surface area contributed by atoms with Crippen LogP contribution in [0.2, 0.25) is 0 Å². The van der Waals surface area contributed by atoms with Crippen LogP contribution in [0.5, 0.6) is 0 Å². The van der Waals surface area contributed by atoms with E-state index in [9.17, 15) is 0 Å². The van der Waals surface area contributed by atoms with Gasteiger partial charge in [0.15, 0.2) is 0 Å². The van der Waals surface area contributed by atoms with Gasteiger partial charge in [-0.15, -0.1) is 0 Å². The molecule has 0 aliphatic carbocycles. The lowest BCUT2D eigenvalue weighted by Gasteiger charge is -2.30. The monoisotopic (exact) mass is 278 g/mol. The summed E-state index contributed by atoms with van der Waals surface area (Å²) in [5.74, 6) is 0. The fourth-order valence-corrected chi connectivity index (χ4v) is 2.44. The summed E-state index contributed by atoms with van der Waals surface area (Å²) in [6.45, 7) is 12.1. The highest BCUT2D eigenvalue weighted by atomic mass is 16.5. The van der Waals surface area contributed by atoms with E-state index in [-0.39, 0.29) is 11.5 Å². The number of ether oxygens (including phenoxy) is 1. The first kappa shape index (κ1) is 17.2. The Kier molecular flexibility index (Phi) is 6.66. The number of nitrogens with two attached hydrogens (primary N) is 1. The molecule has 1 aromatic carbocycles. The number of methoxy groups -OCH3 is 1. The first-order valence-corrected chi connectivity index (χ1v) is 7.47. The van der Waals surface area contributed by atoms with Gasteiger partial charge >= 0.3 is 0 Å². The molecule has 1 aromatic rings. The normalized spacial score (nSPS) is 13.8. The van der Waals surface area contributed by atoms with E-state index in [1.54, 1.807) is 7.11 Å². The summed E-state index contributed by atoms with van der Waals surface area (Å²) in [5, 5.41) is 0. The maximum atomic E-state index is 5.99. The summed E-state index contributed by atoms with van der Waals surface area (Å²) in [6, 6.07) is 9.15. The Morgan fingerprint density at radius 2 is 1.80 bits per heavy atom. The van der Waals surface area contributed by atoms with E-state index in [0.717, 1.165) is 19.7 Å². The highest BCUT2D eigenvalue weighted by molar-refractivity contribution is 5.29. The molecule has 0 fully saturated rings. The van der Waals surface area contributed by atoms with Crippen LogP contribution in [0.25, 0.3) is 0 Å². The number of likely N-dealkylation sites (N-methyl/N-ethyl adjacent to an activating group) is 1. The van der Waals surface area contributed by atoms with Gasteiger partial charge in [0.25, 0.3) is 0 Å². The third kappa shape index (κ3) is 4.58. The molecule has 0 heterocycles. The van der Waals surface area contributed by atoms with Crippen molar-refractivity contribution in [1.82, 2.24) is 4.90 Å². The Bertz CT molecular complexity index is 381. The zero-order chi connectivity index (χ0) is 15.2. The van der Waals surface area contributed by atoms with Crippen molar-refractivity contribution in [3.05, 3.63) is 35.4 Å². The molecule has 2 N–H and O–H groups in total. The lowest BCUT2D eigenvalue weighted by atomic mass is 9.86. The molecule has 0 aliphatic heterocycles. The van der Waals surface area contributed by atoms with Crippen LogP contribution >= 0.6 is 0 Å². The molecule has 0 aromatic heterocycles. The number of rotatable bonds is 7. The first-order chi connectivity index (χ1) is 9.43. The molecule has 1 rings (SSSR count). The van der Waals surface area contributed by atoms with Gasteiger partial charge in [-0.25, -0.2) is 0 Å². The molecule has 1 unspecified atom stereocenters. The van der Waals surface area contributed by atoms with E-state index >= 15 is 0 Å². The average molecular weight is 278 g/mol. The van der Waals surface area contributed by atoms with Gasteiger partial charge in [0.1, 0.15) is 0 Å². The van der Waals surface area contributed by atoms with Crippen LogP contribution in [0.1, 0.15) is 44.9 Å². The summed E-state index contributed by atoms with van der Waals surface area (Å²) >= 11 is 0. The fraction of sp³-hybridized carbons (Fsp3) is 0.647. The van der Waals surface area contributed by atoms with Crippen molar-refractivity contribution in [1.29, 1.82) is 0 Å². The number of hydrogen-bond donors (Lipinski definition) is 1. The van der Waals surface area contributed by atoms with Crippen LogP contribution in [0.3, 0.4) is 0 Å². The molecule has 0 saturated carbocycles. The SMILES string of the molecule is CCN(CCOC)C(CN)c1ccc(C(C)(C)C)cc1. The Labute approximate surface area is 124 Å². The first-order valence-electron chi connectivity index (χ1n) is 7.47. The van der Waals surface area contributed by atoms with Gasteiger partial charge in [-0.05, 0) is 23.1 Å². The topological polar surface area (TPSA) is 38.5 Å².